The average Bonchev–Trinajstić information content (AvgIpc) is 3.01. The minimum absolute atomic E-state index is 0.0405. The molecule has 2 amide bonds. The lowest BCUT2D eigenvalue weighted by Crippen LogP contribution is -2.54. The van der Waals surface area contributed by atoms with Crippen molar-refractivity contribution in [1.82, 2.24) is 10.2 Å². The third-order valence-corrected chi connectivity index (χ3v) is 8.22. The van der Waals surface area contributed by atoms with E-state index in [0.717, 1.165) is 21.7 Å². The van der Waals surface area contributed by atoms with Crippen molar-refractivity contribution in [1.29, 1.82) is 0 Å². The summed E-state index contributed by atoms with van der Waals surface area (Å²) in [7, 11) is 0.476. The van der Waals surface area contributed by atoms with Crippen molar-refractivity contribution in [2.24, 2.45) is 0 Å². The molecule has 10 nitrogen and oxygen atoms in total. The number of amides is 2. The summed E-state index contributed by atoms with van der Waals surface area (Å²) in [5.41, 5.74) is 1.74. The largest absolute Gasteiger partial charge is 0.497 e. The van der Waals surface area contributed by atoms with Crippen LogP contribution in [0.2, 0.25) is 0 Å². The molecule has 43 heavy (non-hydrogen) atoms. The minimum atomic E-state index is -3.97. The number of rotatable bonds is 15. The average molecular weight is 612 g/mol. The highest BCUT2D eigenvalue weighted by molar-refractivity contribution is 7.92. The molecule has 0 saturated heterocycles. The van der Waals surface area contributed by atoms with Crippen LogP contribution < -0.4 is 23.8 Å². The Bertz CT molecular complexity index is 1480. The summed E-state index contributed by atoms with van der Waals surface area (Å²) in [5, 5.41) is 3.02. The molecule has 0 aliphatic heterocycles. The van der Waals surface area contributed by atoms with Crippen molar-refractivity contribution < 1.29 is 32.2 Å². The monoisotopic (exact) mass is 611 g/mol. The van der Waals surface area contributed by atoms with E-state index >= 15 is 0 Å². The van der Waals surface area contributed by atoms with Gasteiger partial charge in [-0.05, 0) is 48.7 Å². The Balaban J connectivity index is 2.11. The van der Waals surface area contributed by atoms with Crippen LogP contribution in [0, 0.1) is 0 Å². The van der Waals surface area contributed by atoms with Gasteiger partial charge in [0.1, 0.15) is 29.8 Å². The molecule has 2 atom stereocenters. The number of ether oxygens (including phenoxy) is 3. The van der Waals surface area contributed by atoms with Crippen molar-refractivity contribution in [2.75, 3.05) is 38.4 Å². The molecule has 0 fully saturated rings. The van der Waals surface area contributed by atoms with Crippen LogP contribution in [0.25, 0.3) is 0 Å². The van der Waals surface area contributed by atoms with E-state index in [9.17, 15) is 18.0 Å². The van der Waals surface area contributed by atoms with Gasteiger partial charge in [-0.1, -0.05) is 49.4 Å². The highest BCUT2D eigenvalue weighted by Crippen LogP contribution is 2.34. The molecule has 0 aliphatic carbocycles. The fourth-order valence-electron chi connectivity index (χ4n) is 4.55. The Morgan fingerprint density at radius 2 is 1.51 bits per heavy atom. The zero-order valence-electron chi connectivity index (χ0n) is 25.6. The first-order valence-corrected chi connectivity index (χ1v) is 15.8. The normalized spacial score (nSPS) is 12.5. The smallest absolute Gasteiger partial charge is 0.244 e. The molecule has 0 saturated carbocycles. The molecule has 1 N–H and O–H groups in total. The van der Waals surface area contributed by atoms with Crippen LogP contribution in [-0.4, -0.2) is 71.3 Å². The van der Waals surface area contributed by atoms with Gasteiger partial charge in [-0.3, -0.25) is 13.9 Å². The van der Waals surface area contributed by atoms with Crippen LogP contribution in [0.5, 0.6) is 17.2 Å². The van der Waals surface area contributed by atoms with Gasteiger partial charge in [0.05, 0.1) is 33.3 Å². The van der Waals surface area contributed by atoms with E-state index in [1.165, 1.54) is 25.2 Å². The van der Waals surface area contributed by atoms with Crippen LogP contribution in [0.4, 0.5) is 5.69 Å². The van der Waals surface area contributed by atoms with Gasteiger partial charge < -0.3 is 24.4 Å². The predicted octanol–water partition coefficient (Wildman–Crippen LogP) is 4.03. The molecule has 0 aromatic heterocycles. The fraction of sp³-hybridized carbons (Fsp3) is 0.375. The van der Waals surface area contributed by atoms with E-state index in [1.54, 1.807) is 37.4 Å². The molecule has 0 heterocycles. The molecule has 232 valence electrons. The van der Waals surface area contributed by atoms with E-state index in [-0.39, 0.29) is 36.4 Å². The molecule has 3 aromatic rings. The van der Waals surface area contributed by atoms with E-state index in [0.29, 0.717) is 17.9 Å². The van der Waals surface area contributed by atoms with Crippen molar-refractivity contribution in [2.45, 2.75) is 45.3 Å². The van der Waals surface area contributed by atoms with Crippen molar-refractivity contribution >= 4 is 27.5 Å². The van der Waals surface area contributed by atoms with Crippen molar-refractivity contribution in [3.8, 4) is 17.2 Å². The molecule has 0 unspecified atom stereocenters. The van der Waals surface area contributed by atoms with Gasteiger partial charge in [0.15, 0.2) is 0 Å². The fourth-order valence-corrected chi connectivity index (χ4v) is 5.40. The van der Waals surface area contributed by atoms with Gasteiger partial charge in [0.2, 0.25) is 21.8 Å². The van der Waals surface area contributed by atoms with Gasteiger partial charge >= 0.3 is 0 Å². The van der Waals surface area contributed by atoms with Gasteiger partial charge in [-0.25, -0.2) is 8.42 Å². The topological polar surface area (TPSA) is 114 Å². The van der Waals surface area contributed by atoms with Crippen LogP contribution in [0.3, 0.4) is 0 Å². The second-order valence-corrected chi connectivity index (χ2v) is 12.1. The number of carbonyl (C=O) groups excluding carboxylic acids is 2. The molecule has 0 radical (unpaired) electrons. The Labute approximate surface area is 254 Å². The summed E-state index contributed by atoms with van der Waals surface area (Å²) in [5.74, 6) is 0.375. The van der Waals surface area contributed by atoms with Gasteiger partial charge in [0.25, 0.3) is 0 Å². The summed E-state index contributed by atoms with van der Waals surface area (Å²) in [6.07, 6.45) is 1.95. The molecule has 0 aliphatic rings. The number of carbonyl (C=O) groups is 2. The quantitative estimate of drug-likeness (QED) is 0.276. The number of hydrogen-bond donors (Lipinski definition) is 1. The standard InChI is InChI=1S/C32H41N3O7S/c1-7-23(2)33-32(37)29(19-24-12-9-8-10-13-24)34(21-25-14-11-15-26(18-25)40-3)31(36)22-35(43(6,38)39)28-17-16-27(41-4)20-30(28)42-5/h8-18,20,23,29H,7,19,21-22H2,1-6H3,(H,33,37)/t23-,29+/m1/s1. The SMILES string of the molecule is CC[C@@H](C)NC(=O)[C@H](Cc1ccccc1)N(Cc1cccc(OC)c1)C(=O)CN(c1ccc(OC)cc1OC)S(C)(=O)=O. The number of sulfonamides is 1. The van der Waals surface area contributed by atoms with Crippen molar-refractivity contribution in [3.05, 3.63) is 83.9 Å². The second kappa shape index (κ2) is 15.3. The Kier molecular flexibility index (Phi) is 11.8. The van der Waals surface area contributed by atoms with E-state index in [1.807, 2.05) is 50.2 Å². The zero-order chi connectivity index (χ0) is 31.6. The molecule has 0 spiro atoms. The van der Waals surface area contributed by atoms with E-state index in [2.05, 4.69) is 5.32 Å². The molecular weight excluding hydrogens is 570 g/mol. The maximum Gasteiger partial charge on any atom is 0.244 e. The Morgan fingerprint density at radius 1 is 0.860 bits per heavy atom. The van der Waals surface area contributed by atoms with Crippen LogP contribution >= 0.6 is 0 Å². The van der Waals surface area contributed by atoms with E-state index in [4.69, 9.17) is 14.2 Å². The van der Waals surface area contributed by atoms with E-state index < -0.39 is 28.5 Å². The summed E-state index contributed by atoms with van der Waals surface area (Å²) in [6, 6.07) is 20.2. The van der Waals surface area contributed by atoms with Crippen LogP contribution in [0.1, 0.15) is 31.4 Å². The summed E-state index contributed by atoms with van der Waals surface area (Å²) >= 11 is 0. The molecular formula is C32H41N3O7S. The summed E-state index contributed by atoms with van der Waals surface area (Å²) < 4.78 is 43.3. The van der Waals surface area contributed by atoms with Crippen LogP contribution in [0.15, 0.2) is 72.8 Å². The number of anilines is 1. The number of methoxy groups -OCH3 is 3. The number of nitrogens with one attached hydrogen (secondary N) is 1. The summed E-state index contributed by atoms with van der Waals surface area (Å²) in [4.78, 5) is 29.5. The molecule has 0 bridgehead atoms. The highest BCUT2D eigenvalue weighted by Gasteiger charge is 2.34. The highest BCUT2D eigenvalue weighted by atomic mass is 32.2. The van der Waals surface area contributed by atoms with Crippen molar-refractivity contribution in [3.63, 3.8) is 0 Å². The minimum Gasteiger partial charge on any atom is -0.497 e. The maximum atomic E-state index is 14.3. The lowest BCUT2D eigenvalue weighted by atomic mass is 10.0. The number of nitrogens with zero attached hydrogens (tertiary/aromatic N) is 2. The Morgan fingerprint density at radius 3 is 2.12 bits per heavy atom. The first kappa shape index (κ1) is 33.3. The maximum absolute atomic E-state index is 14.3. The second-order valence-electron chi connectivity index (χ2n) is 10.2. The van der Waals surface area contributed by atoms with Gasteiger partial charge in [0, 0.05) is 25.1 Å². The Hall–Kier alpha value is -4.25. The molecule has 3 aromatic carbocycles. The molecule has 3 rings (SSSR count). The number of benzene rings is 3. The zero-order valence-corrected chi connectivity index (χ0v) is 26.4. The van der Waals surface area contributed by atoms with Crippen LogP contribution in [-0.2, 0) is 32.6 Å². The first-order valence-electron chi connectivity index (χ1n) is 14.0. The first-order chi connectivity index (χ1) is 20.5. The third kappa shape index (κ3) is 9.12. The summed E-state index contributed by atoms with van der Waals surface area (Å²) in [6.45, 7) is 3.34. The third-order valence-electron chi connectivity index (χ3n) is 7.09. The van der Waals surface area contributed by atoms with Gasteiger partial charge in [-0.2, -0.15) is 0 Å². The number of hydrogen-bond acceptors (Lipinski definition) is 7. The predicted molar refractivity (Wildman–Crippen MR) is 167 cm³/mol. The lowest BCUT2D eigenvalue weighted by molar-refractivity contribution is -0.140. The molecule has 11 heteroatoms. The van der Waals surface area contributed by atoms with Gasteiger partial charge in [-0.15, -0.1) is 0 Å². The lowest BCUT2D eigenvalue weighted by Gasteiger charge is -2.34.